The van der Waals surface area contributed by atoms with E-state index in [0.29, 0.717) is 29.4 Å². The number of benzene rings is 2. The fourth-order valence-corrected chi connectivity index (χ4v) is 3.70. The zero-order chi connectivity index (χ0) is 18.0. The molecule has 1 heterocycles. The lowest BCUT2D eigenvalue weighted by atomic mass is 9.84. The molecule has 5 heteroatoms. The summed E-state index contributed by atoms with van der Waals surface area (Å²) in [4.78, 5) is 2.18. The van der Waals surface area contributed by atoms with Gasteiger partial charge in [-0.2, -0.15) is 0 Å². The van der Waals surface area contributed by atoms with Gasteiger partial charge in [0.15, 0.2) is 0 Å². The van der Waals surface area contributed by atoms with Crippen molar-refractivity contribution < 1.29 is 10.2 Å². The van der Waals surface area contributed by atoms with Gasteiger partial charge in [0.2, 0.25) is 0 Å². The van der Waals surface area contributed by atoms with Crippen LogP contribution >= 0.6 is 23.2 Å². The van der Waals surface area contributed by atoms with Gasteiger partial charge < -0.3 is 15.1 Å². The number of halogens is 2. The minimum Gasteiger partial charge on any atom is -0.387 e. The molecule has 134 valence electrons. The van der Waals surface area contributed by atoms with E-state index in [1.807, 2.05) is 25.1 Å². The first-order valence-electron chi connectivity index (χ1n) is 8.52. The van der Waals surface area contributed by atoms with Crippen molar-refractivity contribution in [2.45, 2.75) is 31.5 Å². The Balaban J connectivity index is 1.61. The molecule has 1 aliphatic heterocycles. The Morgan fingerprint density at radius 2 is 1.80 bits per heavy atom. The molecule has 1 unspecified atom stereocenters. The van der Waals surface area contributed by atoms with E-state index >= 15 is 0 Å². The van der Waals surface area contributed by atoms with Gasteiger partial charge in [0, 0.05) is 19.6 Å². The van der Waals surface area contributed by atoms with E-state index in [1.54, 1.807) is 18.2 Å². The topological polar surface area (TPSA) is 43.7 Å². The monoisotopic (exact) mass is 379 g/mol. The van der Waals surface area contributed by atoms with Crippen molar-refractivity contribution in [3.8, 4) is 0 Å². The number of hydrogen-bond acceptors (Lipinski definition) is 3. The van der Waals surface area contributed by atoms with Gasteiger partial charge in [-0.3, -0.25) is 0 Å². The summed E-state index contributed by atoms with van der Waals surface area (Å²) in [6, 6.07) is 13.3. The molecular formula is C20H23Cl2NO2. The Bertz CT molecular complexity index is 742. The number of rotatable bonds is 4. The van der Waals surface area contributed by atoms with Crippen molar-refractivity contribution in [1.29, 1.82) is 0 Å². The van der Waals surface area contributed by atoms with Gasteiger partial charge in [0.1, 0.15) is 0 Å². The first-order chi connectivity index (χ1) is 11.9. The molecule has 2 aromatic rings. The van der Waals surface area contributed by atoms with Crippen molar-refractivity contribution in [3.05, 3.63) is 69.2 Å². The largest absolute Gasteiger partial charge is 0.387 e. The fourth-order valence-electron chi connectivity index (χ4n) is 3.40. The minimum atomic E-state index is -0.781. The van der Waals surface area contributed by atoms with Crippen LogP contribution in [0, 0.1) is 6.92 Å². The summed E-state index contributed by atoms with van der Waals surface area (Å²) in [6.07, 6.45) is 0.690. The lowest BCUT2D eigenvalue weighted by Gasteiger charge is -2.39. The molecule has 1 fully saturated rings. The quantitative estimate of drug-likeness (QED) is 0.831. The first kappa shape index (κ1) is 18.7. The Morgan fingerprint density at radius 1 is 1.08 bits per heavy atom. The molecule has 25 heavy (non-hydrogen) atoms. The van der Waals surface area contributed by atoms with Crippen LogP contribution in [0.2, 0.25) is 10.0 Å². The summed E-state index contributed by atoms with van der Waals surface area (Å²) in [7, 11) is 0. The van der Waals surface area contributed by atoms with E-state index in [9.17, 15) is 10.2 Å². The fraction of sp³-hybridized carbons (Fsp3) is 0.400. The Kier molecular flexibility index (Phi) is 5.71. The Hall–Kier alpha value is -1.10. The zero-order valence-corrected chi connectivity index (χ0v) is 15.8. The summed E-state index contributed by atoms with van der Waals surface area (Å²) in [5.74, 6) is 0. The van der Waals surface area contributed by atoms with Crippen LogP contribution in [0.25, 0.3) is 0 Å². The molecular weight excluding hydrogens is 357 g/mol. The van der Waals surface area contributed by atoms with Crippen molar-refractivity contribution in [1.82, 2.24) is 4.90 Å². The maximum Gasteiger partial charge on any atom is 0.0921 e. The number of nitrogens with zero attached hydrogens (tertiary/aromatic N) is 1. The van der Waals surface area contributed by atoms with E-state index < -0.39 is 11.7 Å². The highest BCUT2D eigenvalue weighted by atomic mass is 35.5. The molecule has 0 radical (unpaired) electrons. The van der Waals surface area contributed by atoms with Crippen LogP contribution in [0.3, 0.4) is 0 Å². The maximum absolute atomic E-state index is 11.0. The number of β-amino-alcohol motifs (C(OH)–C–C–N with tert-alkyl or cyclic N) is 1. The van der Waals surface area contributed by atoms with Crippen LogP contribution in [0.4, 0.5) is 0 Å². The van der Waals surface area contributed by atoms with Gasteiger partial charge in [0.05, 0.1) is 21.8 Å². The molecule has 0 bridgehead atoms. The Morgan fingerprint density at radius 3 is 2.44 bits per heavy atom. The average molecular weight is 380 g/mol. The summed E-state index contributed by atoms with van der Waals surface area (Å²) in [5.41, 5.74) is 2.12. The van der Waals surface area contributed by atoms with Crippen molar-refractivity contribution in [3.63, 3.8) is 0 Å². The molecule has 1 saturated heterocycles. The van der Waals surface area contributed by atoms with E-state index in [-0.39, 0.29) is 0 Å². The molecule has 0 aromatic heterocycles. The van der Waals surface area contributed by atoms with Gasteiger partial charge >= 0.3 is 0 Å². The highest BCUT2D eigenvalue weighted by molar-refractivity contribution is 6.42. The third kappa shape index (κ3) is 4.36. The molecule has 0 spiro atoms. The highest BCUT2D eigenvalue weighted by Crippen LogP contribution is 2.34. The van der Waals surface area contributed by atoms with Crippen molar-refractivity contribution in [2.75, 3.05) is 19.6 Å². The second-order valence-electron chi connectivity index (χ2n) is 6.89. The molecule has 3 rings (SSSR count). The molecule has 1 atom stereocenters. The lowest BCUT2D eigenvalue weighted by Crippen LogP contribution is -2.44. The second kappa shape index (κ2) is 7.65. The molecule has 0 saturated carbocycles. The van der Waals surface area contributed by atoms with Crippen LogP contribution < -0.4 is 0 Å². The third-order valence-electron chi connectivity index (χ3n) is 5.00. The number of likely N-dealkylation sites (tertiary alicyclic amines) is 1. The van der Waals surface area contributed by atoms with Gasteiger partial charge in [-0.1, -0.05) is 59.1 Å². The molecule has 3 nitrogen and oxygen atoms in total. The van der Waals surface area contributed by atoms with E-state index in [4.69, 9.17) is 23.2 Å². The highest BCUT2D eigenvalue weighted by Gasteiger charge is 2.34. The number of aryl methyl sites for hydroxylation is 1. The minimum absolute atomic E-state index is 0.450. The van der Waals surface area contributed by atoms with Gasteiger partial charge in [-0.25, -0.2) is 0 Å². The van der Waals surface area contributed by atoms with Crippen LogP contribution in [0.15, 0.2) is 42.5 Å². The van der Waals surface area contributed by atoms with Gasteiger partial charge in [0.25, 0.3) is 0 Å². The van der Waals surface area contributed by atoms with Gasteiger partial charge in [-0.15, -0.1) is 0 Å². The van der Waals surface area contributed by atoms with E-state index in [0.717, 1.165) is 29.8 Å². The second-order valence-corrected chi connectivity index (χ2v) is 7.71. The lowest BCUT2D eigenvalue weighted by molar-refractivity contribution is -0.0345. The number of hydrogen-bond donors (Lipinski definition) is 2. The van der Waals surface area contributed by atoms with E-state index in [2.05, 4.69) is 11.0 Å². The summed E-state index contributed by atoms with van der Waals surface area (Å²) < 4.78 is 0. The average Bonchev–Trinajstić information content (AvgIpc) is 2.59. The molecule has 2 aromatic carbocycles. The predicted molar refractivity (Wildman–Crippen MR) is 102 cm³/mol. The SMILES string of the molecule is Cc1cccc(C2(O)CCN(CC(O)c3ccc(Cl)c(Cl)c3)CC2)c1. The maximum atomic E-state index is 11.0. The third-order valence-corrected chi connectivity index (χ3v) is 5.74. The summed E-state index contributed by atoms with van der Waals surface area (Å²) in [5, 5.41) is 22.4. The zero-order valence-electron chi connectivity index (χ0n) is 14.3. The van der Waals surface area contributed by atoms with Gasteiger partial charge in [-0.05, 0) is 43.0 Å². The molecule has 2 N–H and O–H groups in total. The molecule has 1 aliphatic rings. The number of piperidine rings is 1. The molecule has 0 amide bonds. The Labute approximate surface area is 158 Å². The number of aliphatic hydroxyl groups is 2. The predicted octanol–water partition coefficient (Wildman–Crippen LogP) is 4.32. The van der Waals surface area contributed by atoms with Crippen molar-refractivity contribution in [2.24, 2.45) is 0 Å². The van der Waals surface area contributed by atoms with Crippen LogP contribution in [0.1, 0.15) is 35.6 Å². The standard InChI is InChI=1S/C20H23Cl2NO2/c1-14-3-2-4-16(11-14)20(25)7-9-23(10-8-20)13-19(24)15-5-6-17(21)18(22)12-15/h2-6,11-12,19,24-25H,7-10,13H2,1H3. The van der Waals surface area contributed by atoms with Crippen molar-refractivity contribution >= 4 is 23.2 Å². The molecule has 0 aliphatic carbocycles. The van der Waals surface area contributed by atoms with Crippen LogP contribution in [-0.4, -0.2) is 34.7 Å². The normalized spacial score (nSPS) is 18.9. The number of aliphatic hydroxyl groups excluding tert-OH is 1. The smallest absolute Gasteiger partial charge is 0.0921 e. The van der Waals surface area contributed by atoms with E-state index in [1.165, 1.54) is 0 Å². The van der Waals surface area contributed by atoms with Crippen LogP contribution in [0.5, 0.6) is 0 Å². The summed E-state index contributed by atoms with van der Waals surface area (Å²) in [6.45, 7) is 4.03. The summed E-state index contributed by atoms with van der Waals surface area (Å²) >= 11 is 12.0. The van der Waals surface area contributed by atoms with Crippen LogP contribution in [-0.2, 0) is 5.60 Å². The first-order valence-corrected chi connectivity index (χ1v) is 9.28.